The van der Waals surface area contributed by atoms with Crippen LogP contribution in [0.5, 0.6) is 0 Å². The first kappa shape index (κ1) is 8.98. The van der Waals surface area contributed by atoms with Crippen LogP contribution in [0, 0.1) is 5.41 Å². The molecule has 66 valence electrons. The molecule has 0 saturated carbocycles. The van der Waals surface area contributed by atoms with Crippen LogP contribution in [-0.2, 0) is 0 Å². The molecule has 0 aliphatic carbocycles. The molecule has 1 saturated heterocycles. The largest absolute Gasteiger partial charge is 0.297 e. The average Bonchev–Trinajstić information content (AvgIpc) is 1.75. The van der Waals surface area contributed by atoms with Crippen LogP contribution in [0.4, 0.5) is 4.39 Å². The molecule has 0 bridgehead atoms. The van der Waals surface area contributed by atoms with Crippen LogP contribution >= 0.6 is 0 Å². The van der Waals surface area contributed by atoms with Crippen LogP contribution in [0.15, 0.2) is 0 Å². The molecule has 1 rings (SSSR count). The first-order valence-corrected chi connectivity index (χ1v) is 4.34. The second-order valence-corrected chi connectivity index (χ2v) is 4.67. The number of nitrogens with zero attached hydrogens (tertiary/aromatic N) is 1. The van der Waals surface area contributed by atoms with Crippen molar-refractivity contribution in [1.29, 1.82) is 0 Å². The van der Waals surface area contributed by atoms with Crippen LogP contribution in [0.3, 0.4) is 0 Å². The number of hydrogen-bond acceptors (Lipinski definition) is 1. The maximum Gasteiger partial charge on any atom is 0.125 e. The van der Waals surface area contributed by atoms with E-state index in [0.29, 0.717) is 18.5 Å². The first-order valence-electron chi connectivity index (χ1n) is 4.34. The molecule has 0 amide bonds. The number of hydrogen-bond donors (Lipinski definition) is 0. The Hall–Kier alpha value is -0.110. The molecule has 0 atom stereocenters. The van der Waals surface area contributed by atoms with Gasteiger partial charge in [0.1, 0.15) is 6.17 Å². The molecular formula is C9H18FN. The molecule has 1 aliphatic rings. The Bertz CT molecular complexity index is 122. The zero-order valence-corrected chi connectivity index (χ0v) is 7.73. The average molecular weight is 159 g/mol. The summed E-state index contributed by atoms with van der Waals surface area (Å²) in [6.07, 6.45) is 0.620. The van der Waals surface area contributed by atoms with Crippen molar-refractivity contribution in [2.45, 2.75) is 33.4 Å². The van der Waals surface area contributed by atoms with Gasteiger partial charge in [-0.2, -0.15) is 0 Å². The van der Waals surface area contributed by atoms with E-state index < -0.39 is 6.17 Å². The summed E-state index contributed by atoms with van der Waals surface area (Å²) in [6.45, 7) is 9.05. The molecule has 0 aromatic heterocycles. The predicted octanol–water partition coefficient (Wildman–Crippen LogP) is 2.08. The van der Waals surface area contributed by atoms with Gasteiger partial charge in [0.25, 0.3) is 0 Å². The highest BCUT2D eigenvalue weighted by atomic mass is 19.1. The van der Waals surface area contributed by atoms with Gasteiger partial charge in [-0.05, 0) is 18.4 Å². The van der Waals surface area contributed by atoms with Crippen LogP contribution in [0.25, 0.3) is 0 Å². The quantitative estimate of drug-likeness (QED) is 0.596. The fourth-order valence-electron chi connectivity index (χ4n) is 1.18. The Balaban J connectivity index is 2.05. The molecular weight excluding hydrogens is 141 g/mol. The van der Waals surface area contributed by atoms with Crippen molar-refractivity contribution in [3.8, 4) is 0 Å². The minimum atomic E-state index is -0.546. The van der Waals surface area contributed by atoms with Gasteiger partial charge in [-0.15, -0.1) is 0 Å². The zero-order chi connectivity index (χ0) is 8.48. The molecule has 0 aromatic carbocycles. The molecule has 1 fully saturated rings. The first-order chi connectivity index (χ1) is 4.97. The minimum absolute atomic E-state index is 0.390. The summed E-state index contributed by atoms with van der Waals surface area (Å²) >= 11 is 0. The fraction of sp³-hybridized carbons (Fsp3) is 1.00. The fourth-order valence-corrected chi connectivity index (χ4v) is 1.18. The monoisotopic (exact) mass is 159 g/mol. The van der Waals surface area contributed by atoms with E-state index in [4.69, 9.17) is 0 Å². The lowest BCUT2D eigenvalue weighted by atomic mass is 9.91. The molecule has 11 heavy (non-hydrogen) atoms. The summed E-state index contributed by atoms with van der Waals surface area (Å²) in [6, 6.07) is 0. The summed E-state index contributed by atoms with van der Waals surface area (Å²) < 4.78 is 12.3. The molecule has 0 unspecified atom stereocenters. The third-order valence-corrected chi connectivity index (χ3v) is 2.09. The molecule has 1 heterocycles. The smallest absolute Gasteiger partial charge is 0.125 e. The van der Waals surface area contributed by atoms with Crippen molar-refractivity contribution >= 4 is 0 Å². The van der Waals surface area contributed by atoms with Gasteiger partial charge < -0.3 is 0 Å². The van der Waals surface area contributed by atoms with Gasteiger partial charge in [0, 0.05) is 13.1 Å². The third kappa shape index (κ3) is 3.19. The summed E-state index contributed by atoms with van der Waals surface area (Å²) in [5.74, 6) is 0. The Labute approximate surface area is 68.6 Å². The maximum absolute atomic E-state index is 12.3. The molecule has 0 radical (unpaired) electrons. The van der Waals surface area contributed by atoms with Crippen LogP contribution in [0.2, 0.25) is 0 Å². The molecule has 1 nitrogen and oxygen atoms in total. The number of likely N-dealkylation sites (tertiary alicyclic amines) is 1. The lowest BCUT2D eigenvalue weighted by Gasteiger charge is -2.36. The minimum Gasteiger partial charge on any atom is -0.297 e. The second-order valence-electron chi connectivity index (χ2n) is 4.67. The van der Waals surface area contributed by atoms with E-state index in [1.165, 1.54) is 6.42 Å². The van der Waals surface area contributed by atoms with Gasteiger partial charge >= 0.3 is 0 Å². The highest BCUT2D eigenvalue weighted by Gasteiger charge is 2.26. The zero-order valence-electron chi connectivity index (χ0n) is 7.73. The summed E-state index contributed by atoms with van der Waals surface area (Å²) in [5.41, 5.74) is 0.390. The summed E-state index contributed by atoms with van der Waals surface area (Å²) in [4.78, 5) is 2.18. The van der Waals surface area contributed by atoms with Crippen LogP contribution in [0.1, 0.15) is 27.2 Å². The normalized spacial score (nSPS) is 21.8. The SMILES string of the molecule is CC(C)(C)CCN1CC(F)C1. The van der Waals surface area contributed by atoms with Gasteiger partial charge in [0.05, 0.1) is 0 Å². The van der Waals surface area contributed by atoms with Crippen molar-refractivity contribution < 1.29 is 4.39 Å². The highest BCUT2D eigenvalue weighted by molar-refractivity contribution is 4.80. The van der Waals surface area contributed by atoms with Crippen molar-refractivity contribution in [2.75, 3.05) is 19.6 Å². The molecule has 0 spiro atoms. The van der Waals surface area contributed by atoms with Crippen molar-refractivity contribution in [1.82, 2.24) is 4.90 Å². The van der Waals surface area contributed by atoms with E-state index in [1.807, 2.05) is 0 Å². The van der Waals surface area contributed by atoms with E-state index in [9.17, 15) is 4.39 Å². The van der Waals surface area contributed by atoms with Gasteiger partial charge in [0.2, 0.25) is 0 Å². The van der Waals surface area contributed by atoms with Crippen molar-refractivity contribution in [3.63, 3.8) is 0 Å². The lowest BCUT2D eigenvalue weighted by Crippen LogP contribution is -2.49. The van der Waals surface area contributed by atoms with Gasteiger partial charge in [-0.3, -0.25) is 4.90 Å². The van der Waals surface area contributed by atoms with Gasteiger partial charge in [-0.1, -0.05) is 20.8 Å². The third-order valence-electron chi connectivity index (χ3n) is 2.09. The van der Waals surface area contributed by atoms with E-state index >= 15 is 0 Å². The van der Waals surface area contributed by atoms with Gasteiger partial charge in [-0.25, -0.2) is 4.39 Å². The lowest BCUT2D eigenvalue weighted by molar-refractivity contribution is 0.0564. The molecule has 0 N–H and O–H groups in total. The summed E-state index contributed by atoms with van der Waals surface area (Å²) in [7, 11) is 0. The van der Waals surface area contributed by atoms with Crippen LogP contribution < -0.4 is 0 Å². The van der Waals surface area contributed by atoms with E-state index in [1.54, 1.807) is 0 Å². The van der Waals surface area contributed by atoms with Gasteiger partial charge in [0.15, 0.2) is 0 Å². The number of alkyl halides is 1. The number of rotatable bonds is 2. The molecule has 2 heteroatoms. The van der Waals surface area contributed by atoms with E-state index in [2.05, 4.69) is 25.7 Å². The second kappa shape index (κ2) is 3.10. The van der Waals surface area contributed by atoms with E-state index in [-0.39, 0.29) is 0 Å². The Morgan fingerprint density at radius 2 is 1.91 bits per heavy atom. The Morgan fingerprint density at radius 3 is 2.27 bits per heavy atom. The standard InChI is InChI=1S/C9H18FN/c1-9(2,3)4-5-11-6-8(10)7-11/h8H,4-7H2,1-3H3. The van der Waals surface area contributed by atoms with Crippen molar-refractivity contribution in [3.05, 3.63) is 0 Å². The molecule has 1 aliphatic heterocycles. The topological polar surface area (TPSA) is 3.24 Å². The summed E-state index contributed by atoms with van der Waals surface area (Å²) in [5, 5.41) is 0. The molecule has 0 aromatic rings. The predicted molar refractivity (Wildman–Crippen MR) is 45.4 cm³/mol. The van der Waals surface area contributed by atoms with Crippen molar-refractivity contribution in [2.24, 2.45) is 5.41 Å². The Kier molecular flexibility index (Phi) is 2.53. The van der Waals surface area contributed by atoms with E-state index in [0.717, 1.165) is 6.54 Å². The van der Waals surface area contributed by atoms with Crippen LogP contribution in [-0.4, -0.2) is 30.7 Å². The number of halogens is 1. The Morgan fingerprint density at radius 1 is 1.36 bits per heavy atom. The maximum atomic E-state index is 12.3. The highest BCUT2D eigenvalue weighted by Crippen LogP contribution is 2.21.